The number of urea groups is 1. The van der Waals surface area contributed by atoms with Crippen molar-refractivity contribution in [2.24, 2.45) is 5.92 Å². The highest BCUT2D eigenvalue weighted by molar-refractivity contribution is 6.01. The first kappa shape index (κ1) is 14.3. The summed E-state index contributed by atoms with van der Waals surface area (Å²) in [5, 5.41) is 16.2. The molecule has 1 aliphatic carbocycles. The van der Waals surface area contributed by atoms with E-state index in [1.165, 1.54) is 0 Å². The smallest absolute Gasteiger partial charge is 0.315 e. The fourth-order valence-corrected chi connectivity index (χ4v) is 2.55. The predicted octanol–water partition coefficient (Wildman–Crippen LogP) is -0.656. The Morgan fingerprint density at radius 1 is 1.15 bits per heavy atom. The molecule has 2 fully saturated rings. The molecule has 0 aromatic carbocycles. The first-order valence-corrected chi connectivity index (χ1v) is 6.59. The quantitative estimate of drug-likeness (QED) is 0.512. The maximum absolute atomic E-state index is 11.7. The summed E-state index contributed by atoms with van der Waals surface area (Å²) < 4.78 is 0. The van der Waals surface area contributed by atoms with Gasteiger partial charge in [0, 0.05) is 12.5 Å². The third-order valence-corrected chi connectivity index (χ3v) is 3.66. The Hall–Kier alpha value is -2.12. The van der Waals surface area contributed by atoms with Crippen molar-refractivity contribution in [1.82, 2.24) is 16.0 Å². The molecular formula is C12H17N3O5. The first-order valence-electron chi connectivity index (χ1n) is 6.59. The largest absolute Gasteiger partial charge is 0.481 e. The SMILES string of the molecule is O=C1CCC(NC(=O)NC2CCC(C(=O)O)C2)C(=O)N1. The minimum Gasteiger partial charge on any atom is -0.481 e. The van der Waals surface area contributed by atoms with Gasteiger partial charge in [-0.3, -0.25) is 19.7 Å². The van der Waals surface area contributed by atoms with Crippen molar-refractivity contribution in [3.05, 3.63) is 0 Å². The van der Waals surface area contributed by atoms with E-state index in [4.69, 9.17) is 5.11 Å². The van der Waals surface area contributed by atoms with Crippen LogP contribution in [0.2, 0.25) is 0 Å². The number of carboxylic acids is 1. The minimum atomic E-state index is -0.847. The van der Waals surface area contributed by atoms with Crippen LogP contribution in [0.25, 0.3) is 0 Å². The van der Waals surface area contributed by atoms with Crippen LogP contribution in [0.15, 0.2) is 0 Å². The van der Waals surface area contributed by atoms with Crippen molar-refractivity contribution in [1.29, 1.82) is 0 Å². The van der Waals surface area contributed by atoms with Gasteiger partial charge in [-0.05, 0) is 25.7 Å². The highest BCUT2D eigenvalue weighted by atomic mass is 16.4. The van der Waals surface area contributed by atoms with Gasteiger partial charge in [-0.1, -0.05) is 0 Å². The number of piperidine rings is 1. The average molecular weight is 283 g/mol. The van der Waals surface area contributed by atoms with Gasteiger partial charge in [-0.25, -0.2) is 4.79 Å². The van der Waals surface area contributed by atoms with Gasteiger partial charge in [0.15, 0.2) is 0 Å². The van der Waals surface area contributed by atoms with Gasteiger partial charge in [0.05, 0.1) is 5.92 Å². The van der Waals surface area contributed by atoms with Gasteiger partial charge in [-0.2, -0.15) is 0 Å². The molecule has 4 amide bonds. The molecule has 3 unspecified atom stereocenters. The summed E-state index contributed by atoms with van der Waals surface area (Å²) >= 11 is 0. The standard InChI is InChI=1S/C12H17N3O5/c16-9-4-3-8(10(17)15-9)14-12(20)13-7-2-1-6(5-7)11(18)19/h6-8H,1-5H2,(H,18,19)(H2,13,14,20)(H,15,16,17). The molecule has 8 nitrogen and oxygen atoms in total. The molecule has 3 atom stereocenters. The maximum atomic E-state index is 11.7. The van der Waals surface area contributed by atoms with Crippen LogP contribution in [0.5, 0.6) is 0 Å². The van der Waals surface area contributed by atoms with Crippen LogP contribution in [0.1, 0.15) is 32.1 Å². The average Bonchev–Trinajstić information content (AvgIpc) is 2.81. The molecule has 20 heavy (non-hydrogen) atoms. The predicted molar refractivity (Wildman–Crippen MR) is 66.6 cm³/mol. The first-order chi connectivity index (χ1) is 9.45. The zero-order chi connectivity index (χ0) is 14.7. The Morgan fingerprint density at radius 3 is 2.50 bits per heavy atom. The van der Waals surface area contributed by atoms with Gasteiger partial charge < -0.3 is 15.7 Å². The molecule has 2 rings (SSSR count). The fraction of sp³-hybridized carbons (Fsp3) is 0.667. The van der Waals surface area contributed by atoms with Crippen LogP contribution < -0.4 is 16.0 Å². The lowest BCUT2D eigenvalue weighted by atomic mass is 10.1. The topological polar surface area (TPSA) is 125 Å². The lowest BCUT2D eigenvalue weighted by Crippen LogP contribution is -2.55. The molecule has 0 aromatic rings. The van der Waals surface area contributed by atoms with E-state index >= 15 is 0 Å². The van der Waals surface area contributed by atoms with E-state index in [2.05, 4.69) is 16.0 Å². The van der Waals surface area contributed by atoms with Crippen molar-refractivity contribution in [2.45, 2.75) is 44.2 Å². The van der Waals surface area contributed by atoms with Crippen LogP contribution >= 0.6 is 0 Å². The summed E-state index contributed by atoms with van der Waals surface area (Å²) in [6, 6.07) is -1.41. The molecule has 1 saturated heterocycles. The second-order valence-electron chi connectivity index (χ2n) is 5.17. The Balaban J connectivity index is 1.77. The molecule has 0 bridgehead atoms. The van der Waals surface area contributed by atoms with Crippen molar-refractivity contribution >= 4 is 23.8 Å². The number of carbonyl (C=O) groups is 4. The number of amides is 4. The molecule has 2 aliphatic rings. The van der Waals surface area contributed by atoms with Gasteiger partial charge >= 0.3 is 12.0 Å². The molecular weight excluding hydrogens is 266 g/mol. The molecule has 8 heteroatoms. The minimum absolute atomic E-state index is 0.190. The number of rotatable bonds is 3. The highest BCUT2D eigenvalue weighted by Crippen LogP contribution is 2.25. The summed E-state index contributed by atoms with van der Waals surface area (Å²) in [5.74, 6) is -2.12. The summed E-state index contributed by atoms with van der Waals surface area (Å²) in [6.07, 6.45) is 2.03. The highest BCUT2D eigenvalue weighted by Gasteiger charge is 2.32. The van der Waals surface area contributed by atoms with Gasteiger partial charge in [-0.15, -0.1) is 0 Å². The molecule has 0 radical (unpaired) electrons. The fourth-order valence-electron chi connectivity index (χ4n) is 2.55. The number of hydrogen-bond acceptors (Lipinski definition) is 4. The van der Waals surface area contributed by atoms with Gasteiger partial charge in [0.1, 0.15) is 6.04 Å². The zero-order valence-electron chi connectivity index (χ0n) is 10.8. The third-order valence-electron chi connectivity index (χ3n) is 3.66. The number of hydrogen-bond donors (Lipinski definition) is 4. The number of imide groups is 1. The number of carboxylic acid groups (broad SMARTS) is 1. The van der Waals surface area contributed by atoms with E-state index < -0.39 is 29.9 Å². The van der Waals surface area contributed by atoms with Gasteiger partial charge in [0.25, 0.3) is 0 Å². The number of carbonyl (C=O) groups excluding carboxylic acids is 3. The molecule has 0 spiro atoms. The summed E-state index contributed by atoms with van der Waals surface area (Å²) in [7, 11) is 0. The molecule has 1 heterocycles. The van der Waals surface area contributed by atoms with Crippen LogP contribution in [0.4, 0.5) is 4.79 Å². The van der Waals surface area contributed by atoms with Crippen LogP contribution in [-0.2, 0) is 14.4 Å². The Bertz CT molecular complexity index is 450. The second kappa shape index (κ2) is 5.89. The van der Waals surface area contributed by atoms with Crippen molar-refractivity contribution in [3.8, 4) is 0 Å². The van der Waals surface area contributed by atoms with Gasteiger partial charge in [0.2, 0.25) is 11.8 Å². The van der Waals surface area contributed by atoms with E-state index in [0.717, 1.165) is 0 Å². The Morgan fingerprint density at radius 2 is 1.90 bits per heavy atom. The molecule has 4 N–H and O–H groups in total. The second-order valence-corrected chi connectivity index (χ2v) is 5.17. The van der Waals surface area contributed by atoms with Crippen LogP contribution in [-0.4, -0.2) is 41.0 Å². The molecule has 110 valence electrons. The molecule has 1 saturated carbocycles. The molecule has 0 aromatic heterocycles. The molecule has 1 aliphatic heterocycles. The van der Waals surface area contributed by atoms with E-state index in [-0.39, 0.29) is 24.8 Å². The maximum Gasteiger partial charge on any atom is 0.315 e. The number of aliphatic carboxylic acids is 1. The van der Waals surface area contributed by atoms with Crippen molar-refractivity contribution < 1.29 is 24.3 Å². The van der Waals surface area contributed by atoms with E-state index in [1.54, 1.807) is 0 Å². The zero-order valence-corrected chi connectivity index (χ0v) is 10.8. The lowest BCUT2D eigenvalue weighted by Gasteiger charge is -2.23. The van der Waals surface area contributed by atoms with Crippen molar-refractivity contribution in [3.63, 3.8) is 0 Å². The Labute approximate surface area is 115 Å². The number of nitrogens with one attached hydrogen (secondary N) is 3. The van der Waals surface area contributed by atoms with Crippen molar-refractivity contribution in [2.75, 3.05) is 0 Å². The Kier molecular flexibility index (Phi) is 4.21. The lowest BCUT2D eigenvalue weighted by molar-refractivity contribution is -0.141. The van der Waals surface area contributed by atoms with E-state index in [1.807, 2.05) is 0 Å². The normalized spacial score (nSPS) is 29.7. The van der Waals surface area contributed by atoms with Crippen LogP contribution in [0.3, 0.4) is 0 Å². The van der Waals surface area contributed by atoms with E-state index in [0.29, 0.717) is 19.3 Å². The summed E-state index contributed by atoms with van der Waals surface area (Å²) in [6.45, 7) is 0. The summed E-state index contributed by atoms with van der Waals surface area (Å²) in [5.41, 5.74) is 0. The summed E-state index contributed by atoms with van der Waals surface area (Å²) in [4.78, 5) is 45.0. The van der Waals surface area contributed by atoms with Crippen LogP contribution in [0, 0.1) is 5.92 Å². The third kappa shape index (κ3) is 3.46. The van der Waals surface area contributed by atoms with E-state index in [9.17, 15) is 19.2 Å². The monoisotopic (exact) mass is 283 g/mol.